The van der Waals surface area contributed by atoms with Gasteiger partial charge < -0.3 is 20.3 Å². The maximum absolute atomic E-state index is 12.5. The zero-order valence-electron chi connectivity index (χ0n) is 53.2. The summed E-state index contributed by atoms with van der Waals surface area (Å²) in [5.74, 6) is -0.0385. The molecule has 2 atom stereocenters. The van der Waals surface area contributed by atoms with Gasteiger partial charge in [-0.15, -0.1) is 0 Å². The SMILES string of the molecule is CCCCCCCCCCCCCCCCCCC/C=C/C(O)C(CO)NC(=O)CCCCCCCCCCCCCCCCCCCCCCCCCCCCCCCCCOC(=O)CCCCCCCCCCCCC. The van der Waals surface area contributed by atoms with Gasteiger partial charge in [0.05, 0.1) is 25.4 Å². The Kier molecular flexibility index (Phi) is 66.9. The van der Waals surface area contributed by atoms with Crippen molar-refractivity contribution in [2.45, 2.75) is 424 Å². The van der Waals surface area contributed by atoms with Crippen molar-refractivity contribution >= 4 is 11.9 Å². The van der Waals surface area contributed by atoms with E-state index in [-0.39, 0.29) is 18.5 Å². The number of aliphatic hydroxyl groups is 2. The van der Waals surface area contributed by atoms with Crippen molar-refractivity contribution in [3.05, 3.63) is 12.2 Å². The molecule has 78 heavy (non-hydrogen) atoms. The predicted molar refractivity (Wildman–Crippen MR) is 343 cm³/mol. The Hall–Kier alpha value is -1.40. The van der Waals surface area contributed by atoms with Crippen molar-refractivity contribution in [1.82, 2.24) is 5.32 Å². The van der Waals surface area contributed by atoms with E-state index in [2.05, 4.69) is 19.2 Å². The lowest BCUT2D eigenvalue weighted by atomic mass is 10.0. The van der Waals surface area contributed by atoms with E-state index in [1.807, 2.05) is 6.08 Å². The number of aliphatic hydroxyl groups excluding tert-OH is 2. The maximum Gasteiger partial charge on any atom is 0.305 e. The number of unbranched alkanes of at least 4 members (excludes halogenated alkanes) is 57. The Morgan fingerprint density at radius 3 is 0.872 bits per heavy atom. The van der Waals surface area contributed by atoms with Crippen molar-refractivity contribution < 1.29 is 24.5 Å². The van der Waals surface area contributed by atoms with E-state index < -0.39 is 12.1 Å². The monoisotopic (exact) mass is 1100 g/mol. The summed E-state index contributed by atoms with van der Waals surface area (Å²) in [7, 11) is 0. The molecular weight excluding hydrogens is 959 g/mol. The van der Waals surface area contributed by atoms with Gasteiger partial charge in [0.2, 0.25) is 5.91 Å². The van der Waals surface area contributed by atoms with Crippen molar-refractivity contribution in [3.63, 3.8) is 0 Å². The van der Waals surface area contributed by atoms with Crippen molar-refractivity contribution in [2.24, 2.45) is 0 Å². The lowest BCUT2D eigenvalue weighted by molar-refractivity contribution is -0.143. The van der Waals surface area contributed by atoms with Crippen LogP contribution in [-0.4, -0.2) is 47.4 Å². The largest absolute Gasteiger partial charge is 0.466 e. The fourth-order valence-corrected chi connectivity index (χ4v) is 11.6. The Morgan fingerprint density at radius 1 is 0.346 bits per heavy atom. The van der Waals surface area contributed by atoms with Crippen LogP contribution in [0.2, 0.25) is 0 Å². The van der Waals surface area contributed by atoms with Gasteiger partial charge in [-0.05, 0) is 32.1 Å². The van der Waals surface area contributed by atoms with Crippen molar-refractivity contribution in [1.29, 1.82) is 0 Å². The van der Waals surface area contributed by atoms with E-state index in [4.69, 9.17) is 4.74 Å². The number of esters is 1. The molecule has 1 amide bonds. The number of hydrogen-bond acceptors (Lipinski definition) is 5. The molecule has 464 valence electrons. The van der Waals surface area contributed by atoms with Crippen LogP contribution in [0.25, 0.3) is 0 Å². The van der Waals surface area contributed by atoms with E-state index in [9.17, 15) is 19.8 Å². The number of nitrogens with one attached hydrogen (secondary N) is 1. The number of rotatable bonds is 68. The molecule has 0 rings (SSSR count). The second-order valence-corrected chi connectivity index (χ2v) is 24.9. The first-order chi connectivity index (χ1) is 38.5. The molecule has 2 unspecified atom stereocenters. The number of ether oxygens (including phenoxy) is 1. The predicted octanol–water partition coefficient (Wildman–Crippen LogP) is 23.1. The normalized spacial score (nSPS) is 12.5. The Bertz CT molecular complexity index is 1180. The topological polar surface area (TPSA) is 95.9 Å². The molecule has 6 heteroatoms. The molecule has 0 spiro atoms. The molecule has 0 aromatic heterocycles. The summed E-state index contributed by atoms with van der Waals surface area (Å²) in [6, 6.07) is -0.624. The zero-order valence-corrected chi connectivity index (χ0v) is 53.2. The van der Waals surface area contributed by atoms with Crippen LogP contribution in [0, 0.1) is 0 Å². The highest BCUT2D eigenvalue weighted by atomic mass is 16.5. The van der Waals surface area contributed by atoms with Crippen molar-refractivity contribution in [3.8, 4) is 0 Å². The summed E-state index contributed by atoms with van der Waals surface area (Å²) in [6.45, 7) is 4.95. The van der Waals surface area contributed by atoms with Crippen LogP contribution in [0.4, 0.5) is 0 Å². The fraction of sp³-hybridized carbons (Fsp3) is 0.944. The van der Waals surface area contributed by atoms with Gasteiger partial charge in [-0.25, -0.2) is 0 Å². The van der Waals surface area contributed by atoms with Crippen LogP contribution >= 0.6 is 0 Å². The second-order valence-electron chi connectivity index (χ2n) is 24.9. The van der Waals surface area contributed by atoms with Crippen LogP contribution < -0.4 is 5.32 Å². The molecule has 0 saturated carbocycles. The third-order valence-corrected chi connectivity index (χ3v) is 17.1. The third kappa shape index (κ3) is 63.8. The number of carbonyl (C=O) groups excluding carboxylic acids is 2. The molecule has 6 nitrogen and oxygen atoms in total. The summed E-state index contributed by atoms with van der Waals surface area (Å²) in [5, 5.41) is 23.2. The minimum absolute atomic E-state index is 0.0209. The van der Waals surface area contributed by atoms with Crippen LogP contribution in [0.1, 0.15) is 412 Å². The minimum atomic E-state index is -0.841. The summed E-state index contributed by atoms with van der Waals surface area (Å²) in [6.07, 6.45) is 84.5. The first-order valence-electron chi connectivity index (χ1n) is 36.0. The smallest absolute Gasteiger partial charge is 0.305 e. The van der Waals surface area contributed by atoms with E-state index >= 15 is 0 Å². The van der Waals surface area contributed by atoms with E-state index in [0.717, 1.165) is 38.5 Å². The number of carbonyl (C=O) groups is 2. The molecule has 0 aliphatic heterocycles. The van der Waals surface area contributed by atoms with E-state index in [1.165, 1.54) is 347 Å². The van der Waals surface area contributed by atoms with Gasteiger partial charge in [0.1, 0.15) is 0 Å². The number of hydrogen-bond donors (Lipinski definition) is 3. The van der Waals surface area contributed by atoms with Crippen LogP contribution in [0.5, 0.6) is 0 Å². The summed E-state index contributed by atoms with van der Waals surface area (Å²) >= 11 is 0. The molecule has 3 N–H and O–H groups in total. The zero-order chi connectivity index (χ0) is 56.4. The highest BCUT2D eigenvalue weighted by Crippen LogP contribution is 2.19. The van der Waals surface area contributed by atoms with Gasteiger partial charge in [0.25, 0.3) is 0 Å². The van der Waals surface area contributed by atoms with Gasteiger partial charge in [0, 0.05) is 12.8 Å². The Morgan fingerprint density at radius 2 is 0.590 bits per heavy atom. The van der Waals surface area contributed by atoms with Gasteiger partial charge in [-0.3, -0.25) is 9.59 Å². The van der Waals surface area contributed by atoms with Gasteiger partial charge in [-0.1, -0.05) is 379 Å². The highest BCUT2D eigenvalue weighted by Gasteiger charge is 2.18. The first-order valence-corrected chi connectivity index (χ1v) is 36.0. The number of amides is 1. The molecule has 0 heterocycles. The third-order valence-electron chi connectivity index (χ3n) is 17.1. The molecule has 0 aliphatic rings. The molecule has 0 bridgehead atoms. The van der Waals surface area contributed by atoms with Gasteiger partial charge >= 0.3 is 5.97 Å². The Labute approximate surface area is 489 Å². The summed E-state index contributed by atoms with van der Waals surface area (Å²) < 4.78 is 5.48. The number of allylic oxidation sites excluding steroid dienone is 1. The minimum Gasteiger partial charge on any atom is -0.466 e. The average Bonchev–Trinajstić information content (AvgIpc) is 3.44. The fourth-order valence-electron chi connectivity index (χ4n) is 11.6. The molecule has 0 saturated heterocycles. The molecule has 0 aromatic rings. The lowest BCUT2D eigenvalue weighted by Crippen LogP contribution is -2.45. The van der Waals surface area contributed by atoms with Crippen LogP contribution in [0.3, 0.4) is 0 Å². The molecule has 0 aromatic carbocycles. The summed E-state index contributed by atoms with van der Waals surface area (Å²) in [4.78, 5) is 24.5. The molecule has 0 radical (unpaired) electrons. The quantitative estimate of drug-likeness (QED) is 0.0320. The van der Waals surface area contributed by atoms with Crippen molar-refractivity contribution in [2.75, 3.05) is 13.2 Å². The molecule has 0 fully saturated rings. The highest BCUT2D eigenvalue weighted by molar-refractivity contribution is 5.76. The average molecular weight is 1100 g/mol. The first kappa shape index (κ1) is 76.6. The second kappa shape index (κ2) is 68.1. The lowest BCUT2D eigenvalue weighted by Gasteiger charge is -2.20. The van der Waals surface area contributed by atoms with E-state index in [0.29, 0.717) is 19.4 Å². The summed E-state index contributed by atoms with van der Waals surface area (Å²) in [5.41, 5.74) is 0. The van der Waals surface area contributed by atoms with Gasteiger partial charge in [0.15, 0.2) is 0 Å². The molecule has 0 aliphatic carbocycles. The van der Waals surface area contributed by atoms with Gasteiger partial charge in [-0.2, -0.15) is 0 Å². The molecular formula is C72H141NO5. The Balaban J connectivity index is 3.35. The van der Waals surface area contributed by atoms with E-state index in [1.54, 1.807) is 6.08 Å². The van der Waals surface area contributed by atoms with Crippen LogP contribution in [-0.2, 0) is 14.3 Å². The maximum atomic E-state index is 12.5. The van der Waals surface area contributed by atoms with Crippen LogP contribution in [0.15, 0.2) is 12.2 Å². The standard InChI is InChI=1S/C72H141NO5/c1-3-5-7-9-11-13-15-16-17-18-32-35-38-41-45-48-52-56-60-64-70(75)69(68-74)73-71(76)65-61-57-53-49-46-42-39-36-33-30-28-26-24-22-20-19-21-23-25-27-29-31-34-37-40-43-47-51-55-59-63-67-78-72(77)66-62-58-54-50-44-14-12-10-8-6-4-2/h60,64,69-70,74-75H,3-59,61-63,65-68H2,1-2H3,(H,73,76)/b64-60+.